The lowest BCUT2D eigenvalue weighted by atomic mass is 10.0. The maximum absolute atomic E-state index is 9.40. The lowest BCUT2D eigenvalue weighted by molar-refractivity contribution is 0.249. The number of benzene rings is 1. The fourth-order valence-corrected chi connectivity index (χ4v) is 2.16. The quantitative estimate of drug-likeness (QED) is 0.787. The van der Waals surface area contributed by atoms with E-state index in [1.165, 1.54) is 0 Å². The van der Waals surface area contributed by atoms with Gasteiger partial charge in [-0.2, -0.15) is 0 Å². The number of aliphatic hydroxyl groups excluding tert-OH is 2. The van der Waals surface area contributed by atoms with Crippen LogP contribution in [0.25, 0.3) is 0 Å². The average molecular weight is 286 g/mol. The zero-order chi connectivity index (χ0) is 15.2. The summed E-state index contributed by atoms with van der Waals surface area (Å²) in [6.07, 6.45) is 6.95. The maximum atomic E-state index is 9.40. The van der Waals surface area contributed by atoms with Gasteiger partial charge in [-0.3, -0.25) is 4.57 Å². The minimum Gasteiger partial charge on any atom is -0.473 e. The van der Waals surface area contributed by atoms with E-state index in [4.69, 9.17) is 11.2 Å². The number of hydrogen-bond acceptors (Lipinski definition) is 4. The van der Waals surface area contributed by atoms with Crippen LogP contribution in [0.5, 0.6) is 5.88 Å². The molecule has 1 aromatic heterocycles. The molecule has 2 aromatic rings. The summed E-state index contributed by atoms with van der Waals surface area (Å²) in [6.45, 7) is 2.27. The number of aryl methyl sites for hydroxylation is 1. The van der Waals surface area contributed by atoms with Gasteiger partial charge in [-0.25, -0.2) is 4.98 Å². The highest BCUT2D eigenvalue weighted by Gasteiger charge is 2.11. The molecule has 0 bridgehead atoms. The van der Waals surface area contributed by atoms with Gasteiger partial charge < -0.3 is 14.9 Å². The van der Waals surface area contributed by atoms with Crippen molar-refractivity contribution in [1.29, 1.82) is 0 Å². The first kappa shape index (κ1) is 15.1. The molecule has 0 saturated heterocycles. The number of aliphatic hydroxyl groups is 2. The lowest BCUT2D eigenvalue weighted by Crippen LogP contribution is -2.08. The van der Waals surface area contributed by atoms with Crippen molar-refractivity contribution in [2.45, 2.75) is 33.3 Å². The average Bonchev–Trinajstić information content (AvgIpc) is 2.86. The molecular weight excluding hydrogens is 268 g/mol. The van der Waals surface area contributed by atoms with Crippen LogP contribution in [-0.2, 0) is 26.4 Å². The Morgan fingerprint density at radius 3 is 2.52 bits per heavy atom. The highest BCUT2D eigenvalue weighted by atomic mass is 16.5. The van der Waals surface area contributed by atoms with Crippen LogP contribution in [0.4, 0.5) is 0 Å². The van der Waals surface area contributed by atoms with E-state index in [1.807, 2.05) is 19.1 Å². The Labute approximate surface area is 123 Å². The molecule has 0 aliphatic heterocycles. The zero-order valence-electron chi connectivity index (χ0n) is 11.9. The molecule has 0 amide bonds. The van der Waals surface area contributed by atoms with Crippen LogP contribution in [0, 0.1) is 19.3 Å². The zero-order valence-corrected chi connectivity index (χ0v) is 11.9. The first-order valence-corrected chi connectivity index (χ1v) is 6.61. The molecule has 1 heterocycles. The Kier molecular flexibility index (Phi) is 4.99. The van der Waals surface area contributed by atoms with E-state index < -0.39 is 0 Å². The molecule has 0 aliphatic rings. The van der Waals surface area contributed by atoms with Gasteiger partial charge in [0.2, 0.25) is 5.88 Å². The molecule has 2 rings (SSSR count). The van der Waals surface area contributed by atoms with E-state index in [-0.39, 0.29) is 19.8 Å². The van der Waals surface area contributed by atoms with Crippen LogP contribution in [0.15, 0.2) is 24.4 Å². The largest absolute Gasteiger partial charge is 0.473 e. The summed E-state index contributed by atoms with van der Waals surface area (Å²) in [4.78, 5) is 4.18. The molecule has 0 atom stereocenters. The van der Waals surface area contributed by atoms with E-state index in [0.717, 1.165) is 22.5 Å². The third-order valence-corrected chi connectivity index (χ3v) is 3.34. The molecule has 0 aliphatic carbocycles. The van der Waals surface area contributed by atoms with Crippen LogP contribution in [-0.4, -0.2) is 19.8 Å². The molecule has 0 saturated carbocycles. The second-order valence-corrected chi connectivity index (χ2v) is 4.59. The van der Waals surface area contributed by atoms with Gasteiger partial charge in [-0.15, -0.1) is 6.42 Å². The van der Waals surface area contributed by atoms with Gasteiger partial charge in [0.15, 0.2) is 0 Å². The Morgan fingerprint density at radius 1 is 1.29 bits per heavy atom. The summed E-state index contributed by atoms with van der Waals surface area (Å²) < 4.78 is 7.56. The molecule has 0 unspecified atom stereocenters. The molecule has 5 heteroatoms. The molecule has 21 heavy (non-hydrogen) atoms. The number of imidazole rings is 1. The van der Waals surface area contributed by atoms with Gasteiger partial charge in [0.1, 0.15) is 12.4 Å². The maximum Gasteiger partial charge on any atom is 0.215 e. The summed E-state index contributed by atoms with van der Waals surface area (Å²) in [6, 6.07) is 5.41. The lowest BCUT2D eigenvalue weighted by Gasteiger charge is -2.14. The number of rotatable bonds is 6. The van der Waals surface area contributed by atoms with Crippen molar-refractivity contribution in [2.24, 2.45) is 0 Å². The van der Waals surface area contributed by atoms with Crippen molar-refractivity contribution in [2.75, 3.05) is 0 Å². The SMILES string of the molecule is C#CCn1c(OCc2c(CO)cccc2CO)cnc1C. The van der Waals surface area contributed by atoms with Crippen molar-refractivity contribution in [3.05, 3.63) is 46.9 Å². The van der Waals surface area contributed by atoms with Crippen molar-refractivity contribution >= 4 is 0 Å². The van der Waals surface area contributed by atoms with Gasteiger partial charge in [-0.05, 0) is 18.1 Å². The number of hydrogen-bond donors (Lipinski definition) is 2. The highest BCUT2D eigenvalue weighted by Crippen LogP contribution is 2.20. The Bertz CT molecular complexity index is 634. The van der Waals surface area contributed by atoms with Gasteiger partial charge in [0.05, 0.1) is 26.0 Å². The van der Waals surface area contributed by atoms with Crippen LogP contribution in [0.1, 0.15) is 22.5 Å². The van der Waals surface area contributed by atoms with Crippen molar-refractivity contribution in [3.63, 3.8) is 0 Å². The fraction of sp³-hybridized carbons (Fsp3) is 0.312. The number of ether oxygens (including phenoxy) is 1. The van der Waals surface area contributed by atoms with Crippen LogP contribution >= 0.6 is 0 Å². The monoisotopic (exact) mass is 286 g/mol. The second-order valence-electron chi connectivity index (χ2n) is 4.59. The number of terminal acetylenes is 1. The molecule has 5 nitrogen and oxygen atoms in total. The predicted octanol–water partition coefficient (Wildman–Crippen LogP) is 1.39. The summed E-state index contributed by atoms with van der Waals surface area (Å²) in [7, 11) is 0. The summed E-state index contributed by atoms with van der Waals surface area (Å²) in [5.41, 5.74) is 2.26. The van der Waals surface area contributed by atoms with Gasteiger partial charge in [0.25, 0.3) is 0 Å². The van der Waals surface area contributed by atoms with Crippen LogP contribution in [0.3, 0.4) is 0 Å². The van der Waals surface area contributed by atoms with Gasteiger partial charge >= 0.3 is 0 Å². The van der Waals surface area contributed by atoms with Crippen LogP contribution < -0.4 is 4.74 Å². The highest BCUT2D eigenvalue weighted by molar-refractivity contribution is 5.34. The minimum atomic E-state index is -0.102. The molecule has 1 aromatic carbocycles. The fourth-order valence-electron chi connectivity index (χ4n) is 2.16. The van der Waals surface area contributed by atoms with Crippen molar-refractivity contribution < 1.29 is 14.9 Å². The van der Waals surface area contributed by atoms with E-state index >= 15 is 0 Å². The third-order valence-electron chi connectivity index (χ3n) is 3.34. The number of nitrogens with zero attached hydrogens (tertiary/aromatic N) is 2. The summed E-state index contributed by atoms with van der Waals surface area (Å²) in [5.74, 6) is 3.91. The van der Waals surface area contributed by atoms with Gasteiger partial charge in [-0.1, -0.05) is 24.1 Å². The van der Waals surface area contributed by atoms with Gasteiger partial charge in [0, 0.05) is 5.56 Å². The third kappa shape index (κ3) is 3.24. The predicted molar refractivity (Wildman–Crippen MR) is 78.4 cm³/mol. The topological polar surface area (TPSA) is 67.5 Å². The Hall–Kier alpha value is -2.29. The Balaban J connectivity index is 2.23. The summed E-state index contributed by atoms with van der Waals surface area (Å²) in [5, 5.41) is 18.8. The molecule has 0 fully saturated rings. The first-order chi connectivity index (χ1) is 10.2. The standard InChI is InChI=1S/C16H18N2O3/c1-3-7-18-12(2)17-8-16(18)21-11-15-13(9-19)5-4-6-14(15)10-20/h1,4-6,8,19-20H,7,9-11H2,2H3. The molecule has 110 valence electrons. The van der Waals surface area contributed by atoms with Crippen molar-refractivity contribution in [3.8, 4) is 18.2 Å². The first-order valence-electron chi connectivity index (χ1n) is 6.61. The van der Waals surface area contributed by atoms with Crippen LogP contribution in [0.2, 0.25) is 0 Å². The smallest absolute Gasteiger partial charge is 0.215 e. The molecule has 0 spiro atoms. The Morgan fingerprint density at radius 2 is 1.95 bits per heavy atom. The van der Waals surface area contributed by atoms with E-state index in [9.17, 15) is 10.2 Å². The molecule has 0 radical (unpaired) electrons. The van der Waals surface area contributed by atoms with E-state index in [0.29, 0.717) is 12.4 Å². The van der Waals surface area contributed by atoms with Crippen molar-refractivity contribution in [1.82, 2.24) is 9.55 Å². The molecule has 2 N–H and O–H groups in total. The number of aromatic nitrogens is 2. The normalized spacial score (nSPS) is 10.4. The van der Waals surface area contributed by atoms with E-state index in [1.54, 1.807) is 16.8 Å². The second kappa shape index (κ2) is 6.93. The van der Waals surface area contributed by atoms with E-state index in [2.05, 4.69) is 10.9 Å². The minimum absolute atomic E-state index is 0.102. The summed E-state index contributed by atoms with van der Waals surface area (Å²) >= 11 is 0. The molecular formula is C16H18N2O3.